The molecule has 32 heavy (non-hydrogen) atoms. The van der Waals surface area contributed by atoms with Crippen LogP contribution in [0.5, 0.6) is 0 Å². The number of pyridine rings is 1. The summed E-state index contributed by atoms with van der Waals surface area (Å²) < 4.78 is 2.04. The molecule has 1 aliphatic carbocycles. The van der Waals surface area contributed by atoms with Gasteiger partial charge in [-0.05, 0) is 55.0 Å². The number of hydrogen-bond acceptors (Lipinski definition) is 4. The van der Waals surface area contributed by atoms with Gasteiger partial charge < -0.3 is 9.30 Å². The van der Waals surface area contributed by atoms with E-state index in [0.717, 1.165) is 49.4 Å². The lowest BCUT2D eigenvalue weighted by Crippen LogP contribution is -2.48. The van der Waals surface area contributed by atoms with Crippen LogP contribution in [0.25, 0.3) is 5.65 Å². The zero-order valence-corrected chi connectivity index (χ0v) is 18.5. The molecular weight excluding hydrogens is 400 g/mol. The summed E-state index contributed by atoms with van der Waals surface area (Å²) in [6, 6.07) is 12.1. The molecule has 1 amide bonds. The van der Waals surface area contributed by atoms with E-state index >= 15 is 0 Å². The van der Waals surface area contributed by atoms with Crippen LogP contribution in [0, 0.1) is 0 Å². The number of carbonyl (C=O) groups is 2. The zero-order chi connectivity index (χ0) is 21.9. The summed E-state index contributed by atoms with van der Waals surface area (Å²) >= 11 is 0. The number of aryl methyl sites for hydroxylation is 2. The van der Waals surface area contributed by atoms with Crippen molar-refractivity contribution in [3.8, 4) is 0 Å². The average Bonchev–Trinajstić information content (AvgIpc) is 3.24. The second kappa shape index (κ2) is 9.25. The van der Waals surface area contributed by atoms with Gasteiger partial charge in [0.05, 0.1) is 5.69 Å². The van der Waals surface area contributed by atoms with Crippen LogP contribution in [-0.4, -0.2) is 57.1 Å². The van der Waals surface area contributed by atoms with E-state index in [2.05, 4.69) is 28.2 Å². The molecule has 0 atom stereocenters. The van der Waals surface area contributed by atoms with Gasteiger partial charge in [-0.15, -0.1) is 0 Å². The average molecular weight is 431 g/mol. The van der Waals surface area contributed by atoms with E-state index in [4.69, 9.17) is 0 Å². The van der Waals surface area contributed by atoms with E-state index in [0.29, 0.717) is 25.9 Å². The van der Waals surface area contributed by atoms with Crippen molar-refractivity contribution >= 4 is 17.3 Å². The number of rotatable bonds is 6. The summed E-state index contributed by atoms with van der Waals surface area (Å²) in [6.07, 6.45) is 9.28. The molecular formula is C26H30N4O2. The fourth-order valence-corrected chi connectivity index (χ4v) is 4.88. The lowest BCUT2D eigenvalue weighted by atomic mass is 9.89. The molecule has 3 aromatic rings. The van der Waals surface area contributed by atoms with Crippen molar-refractivity contribution in [3.05, 3.63) is 71.2 Å². The number of ketones is 1. The zero-order valence-electron chi connectivity index (χ0n) is 18.5. The topological polar surface area (TPSA) is 57.9 Å². The van der Waals surface area contributed by atoms with Crippen molar-refractivity contribution in [3.63, 3.8) is 0 Å². The summed E-state index contributed by atoms with van der Waals surface area (Å²) in [5, 5.41) is 0. The minimum atomic E-state index is 0.0807. The van der Waals surface area contributed by atoms with Gasteiger partial charge in [-0.2, -0.15) is 0 Å². The Labute approximate surface area is 188 Å². The Morgan fingerprint density at radius 1 is 0.906 bits per heavy atom. The molecule has 6 nitrogen and oxygen atoms in total. The molecule has 5 rings (SSSR count). The highest BCUT2D eigenvalue weighted by atomic mass is 16.2. The smallest absolute Gasteiger partial charge is 0.223 e. The van der Waals surface area contributed by atoms with Crippen LogP contribution >= 0.6 is 0 Å². The van der Waals surface area contributed by atoms with E-state index in [1.807, 2.05) is 39.8 Å². The molecule has 0 saturated carbocycles. The van der Waals surface area contributed by atoms with Crippen LogP contribution in [0.4, 0.5) is 0 Å². The maximum absolute atomic E-state index is 12.7. The summed E-state index contributed by atoms with van der Waals surface area (Å²) in [5.74, 6) is 0.167. The predicted molar refractivity (Wildman–Crippen MR) is 124 cm³/mol. The molecule has 0 unspecified atom stereocenters. The Morgan fingerprint density at radius 2 is 1.72 bits per heavy atom. The summed E-state index contributed by atoms with van der Waals surface area (Å²) in [5.41, 5.74) is 5.46. The fourth-order valence-electron chi connectivity index (χ4n) is 4.88. The first kappa shape index (κ1) is 20.9. The monoisotopic (exact) mass is 430 g/mol. The lowest BCUT2D eigenvalue weighted by molar-refractivity contribution is -0.133. The van der Waals surface area contributed by atoms with Crippen molar-refractivity contribution in [2.45, 2.75) is 45.1 Å². The highest BCUT2D eigenvalue weighted by Crippen LogP contribution is 2.23. The van der Waals surface area contributed by atoms with Crippen LogP contribution in [0.2, 0.25) is 0 Å². The second-order valence-electron chi connectivity index (χ2n) is 8.97. The Balaban J connectivity index is 1.09. The highest BCUT2D eigenvalue weighted by molar-refractivity contribution is 5.98. The van der Waals surface area contributed by atoms with E-state index in [9.17, 15) is 9.59 Å². The number of piperazine rings is 1. The first-order valence-corrected chi connectivity index (χ1v) is 11.7. The molecule has 166 valence electrons. The SMILES string of the molecule is O=C(CCC(=O)N1CCN(Cc2cn3ccccc3n2)CC1)c1ccc2c(c1)CCCC2. The van der Waals surface area contributed by atoms with Crippen molar-refractivity contribution in [2.75, 3.05) is 26.2 Å². The van der Waals surface area contributed by atoms with Gasteiger partial charge in [-0.3, -0.25) is 14.5 Å². The van der Waals surface area contributed by atoms with E-state index in [-0.39, 0.29) is 11.7 Å². The quantitative estimate of drug-likeness (QED) is 0.562. The normalized spacial score (nSPS) is 16.8. The summed E-state index contributed by atoms with van der Waals surface area (Å²) in [4.78, 5) is 34.3. The molecule has 0 N–H and O–H groups in total. The maximum atomic E-state index is 12.7. The number of benzene rings is 1. The molecule has 1 fully saturated rings. The second-order valence-corrected chi connectivity index (χ2v) is 8.97. The third kappa shape index (κ3) is 4.60. The number of amides is 1. The third-order valence-electron chi connectivity index (χ3n) is 6.76. The number of carbonyl (C=O) groups excluding carboxylic acids is 2. The molecule has 1 saturated heterocycles. The Hall–Kier alpha value is -2.99. The van der Waals surface area contributed by atoms with Crippen molar-refractivity contribution in [1.29, 1.82) is 0 Å². The first-order valence-electron chi connectivity index (χ1n) is 11.7. The lowest BCUT2D eigenvalue weighted by Gasteiger charge is -2.34. The van der Waals surface area contributed by atoms with Gasteiger partial charge in [0.2, 0.25) is 5.91 Å². The number of imidazole rings is 1. The van der Waals surface area contributed by atoms with Gasteiger partial charge in [0.1, 0.15) is 5.65 Å². The van der Waals surface area contributed by atoms with Gasteiger partial charge in [-0.25, -0.2) is 4.98 Å². The Kier molecular flexibility index (Phi) is 6.04. The first-order chi connectivity index (χ1) is 15.7. The van der Waals surface area contributed by atoms with Crippen LogP contribution in [0.3, 0.4) is 0 Å². The molecule has 0 spiro atoms. The maximum Gasteiger partial charge on any atom is 0.223 e. The molecule has 2 aliphatic rings. The van der Waals surface area contributed by atoms with Crippen LogP contribution in [-0.2, 0) is 24.2 Å². The van der Waals surface area contributed by atoms with Gasteiger partial charge in [-0.1, -0.05) is 18.2 Å². The third-order valence-corrected chi connectivity index (χ3v) is 6.76. The molecule has 2 aromatic heterocycles. The van der Waals surface area contributed by atoms with Gasteiger partial charge in [0, 0.05) is 63.5 Å². The summed E-state index contributed by atoms with van der Waals surface area (Å²) in [6.45, 7) is 3.87. The van der Waals surface area contributed by atoms with Gasteiger partial charge in [0.25, 0.3) is 0 Å². The van der Waals surface area contributed by atoms with Crippen LogP contribution < -0.4 is 0 Å². The number of nitrogens with zero attached hydrogens (tertiary/aromatic N) is 4. The van der Waals surface area contributed by atoms with E-state index < -0.39 is 0 Å². The van der Waals surface area contributed by atoms with E-state index in [1.165, 1.54) is 24.0 Å². The number of fused-ring (bicyclic) bond motifs is 2. The van der Waals surface area contributed by atoms with Crippen LogP contribution in [0.15, 0.2) is 48.8 Å². The van der Waals surface area contributed by atoms with Crippen molar-refractivity contribution in [2.24, 2.45) is 0 Å². The van der Waals surface area contributed by atoms with E-state index in [1.54, 1.807) is 0 Å². The summed E-state index contributed by atoms with van der Waals surface area (Å²) in [7, 11) is 0. The standard InChI is InChI=1S/C26H30N4O2/c31-24(22-9-8-20-5-1-2-6-21(20)17-22)10-11-26(32)29-15-13-28(14-16-29)18-23-19-30-12-4-3-7-25(30)27-23/h3-4,7-9,12,17,19H,1-2,5-6,10-11,13-16,18H2. The molecule has 3 heterocycles. The minimum absolute atomic E-state index is 0.0807. The fraction of sp³-hybridized carbons (Fsp3) is 0.423. The minimum Gasteiger partial charge on any atom is -0.340 e. The molecule has 6 heteroatoms. The number of hydrogen-bond donors (Lipinski definition) is 0. The predicted octanol–water partition coefficient (Wildman–Crippen LogP) is 3.52. The Morgan fingerprint density at radius 3 is 2.53 bits per heavy atom. The molecule has 0 bridgehead atoms. The molecule has 1 aromatic carbocycles. The molecule has 1 aliphatic heterocycles. The van der Waals surface area contributed by atoms with Gasteiger partial charge in [0.15, 0.2) is 5.78 Å². The Bertz CT molecular complexity index is 1090. The number of aromatic nitrogens is 2. The van der Waals surface area contributed by atoms with Crippen molar-refractivity contribution < 1.29 is 9.59 Å². The van der Waals surface area contributed by atoms with Crippen LogP contribution in [0.1, 0.15) is 52.9 Å². The van der Waals surface area contributed by atoms with Crippen molar-refractivity contribution in [1.82, 2.24) is 19.2 Å². The largest absolute Gasteiger partial charge is 0.340 e. The van der Waals surface area contributed by atoms with Gasteiger partial charge >= 0.3 is 0 Å². The highest BCUT2D eigenvalue weighted by Gasteiger charge is 2.22. The molecule has 0 radical (unpaired) electrons. The number of Topliss-reactive ketones (excluding diaryl/α,β-unsaturated/α-hetero) is 1.